The molecule has 2 amide bonds. The third-order valence-corrected chi connectivity index (χ3v) is 4.62. The average molecular weight is 392 g/mol. The van der Waals surface area contributed by atoms with E-state index in [2.05, 4.69) is 10.6 Å². The molecule has 136 valence electrons. The van der Waals surface area contributed by atoms with Crippen molar-refractivity contribution in [1.29, 1.82) is 0 Å². The Bertz CT molecular complexity index is 820. The molecule has 0 aliphatic carbocycles. The third kappa shape index (κ3) is 4.68. The zero-order valence-electron chi connectivity index (χ0n) is 14.1. The van der Waals surface area contributed by atoms with Crippen LogP contribution in [0.15, 0.2) is 42.5 Å². The fraction of sp³-hybridized carbons (Fsp3) is 0.263. The lowest BCUT2D eigenvalue weighted by molar-refractivity contribution is -0.114. The van der Waals surface area contributed by atoms with Crippen LogP contribution in [0.2, 0.25) is 10.0 Å². The Balaban J connectivity index is 1.67. The summed E-state index contributed by atoms with van der Waals surface area (Å²) in [5.41, 5.74) is 1.69. The summed E-state index contributed by atoms with van der Waals surface area (Å²) < 4.78 is 0. The molecular weight excluding hydrogens is 373 g/mol. The van der Waals surface area contributed by atoms with E-state index in [0.29, 0.717) is 27.0 Å². The van der Waals surface area contributed by atoms with Crippen LogP contribution < -0.4 is 10.6 Å². The molecule has 1 aliphatic rings. The Labute approximate surface area is 162 Å². The van der Waals surface area contributed by atoms with Gasteiger partial charge in [-0.3, -0.25) is 9.59 Å². The third-order valence-electron chi connectivity index (χ3n) is 4.15. The van der Waals surface area contributed by atoms with Crippen LogP contribution in [-0.4, -0.2) is 36.3 Å². The van der Waals surface area contributed by atoms with Crippen molar-refractivity contribution in [3.8, 4) is 0 Å². The van der Waals surface area contributed by atoms with Crippen LogP contribution in [-0.2, 0) is 4.79 Å². The Morgan fingerprint density at radius 3 is 2.46 bits per heavy atom. The van der Waals surface area contributed by atoms with Crippen molar-refractivity contribution in [2.24, 2.45) is 0 Å². The van der Waals surface area contributed by atoms with Gasteiger partial charge in [0.15, 0.2) is 0 Å². The van der Waals surface area contributed by atoms with Gasteiger partial charge in [-0.25, -0.2) is 0 Å². The van der Waals surface area contributed by atoms with E-state index in [1.807, 2.05) is 4.90 Å². The molecule has 1 fully saturated rings. The lowest BCUT2D eigenvalue weighted by Gasteiger charge is -2.18. The molecule has 0 spiro atoms. The van der Waals surface area contributed by atoms with E-state index in [1.165, 1.54) is 0 Å². The van der Waals surface area contributed by atoms with Crippen LogP contribution in [0.25, 0.3) is 0 Å². The molecule has 26 heavy (non-hydrogen) atoms. The SMILES string of the molecule is O=C(CNc1cc(Cl)ccc1C(=O)N1CCCC1)Nc1cccc(Cl)c1. The summed E-state index contributed by atoms with van der Waals surface area (Å²) in [5.74, 6) is -0.288. The highest BCUT2D eigenvalue weighted by molar-refractivity contribution is 6.31. The first-order chi connectivity index (χ1) is 12.5. The monoisotopic (exact) mass is 391 g/mol. The normalized spacial score (nSPS) is 13.5. The number of likely N-dealkylation sites (tertiary alicyclic amines) is 1. The van der Waals surface area contributed by atoms with Crippen molar-refractivity contribution in [2.45, 2.75) is 12.8 Å². The maximum Gasteiger partial charge on any atom is 0.255 e. The first-order valence-corrected chi connectivity index (χ1v) is 9.16. The number of halogens is 2. The van der Waals surface area contributed by atoms with E-state index in [1.54, 1.807) is 42.5 Å². The van der Waals surface area contributed by atoms with Gasteiger partial charge in [0.05, 0.1) is 12.1 Å². The number of rotatable bonds is 5. The smallest absolute Gasteiger partial charge is 0.255 e. The van der Waals surface area contributed by atoms with Gasteiger partial charge < -0.3 is 15.5 Å². The topological polar surface area (TPSA) is 61.4 Å². The number of carbonyl (C=O) groups excluding carboxylic acids is 2. The summed E-state index contributed by atoms with van der Waals surface area (Å²) in [4.78, 5) is 26.7. The van der Waals surface area contributed by atoms with E-state index in [-0.39, 0.29) is 18.4 Å². The van der Waals surface area contributed by atoms with E-state index in [4.69, 9.17) is 23.2 Å². The van der Waals surface area contributed by atoms with Crippen LogP contribution in [0.5, 0.6) is 0 Å². The van der Waals surface area contributed by atoms with Crippen LogP contribution in [0, 0.1) is 0 Å². The van der Waals surface area contributed by atoms with Crippen LogP contribution >= 0.6 is 23.2 Å². The van der Waals surface area contributed by atoms with E-state index in [9.17, 15) is 9.59 Å². The van der Waals surface area contributed by atoms with Gasteiger partial charge in [-0.1, -0.05) is 29.3 Å². The van der Waals surface area contributed by atoms with E-state index < -0.39 is 0 Å². The van der Waals surface area contributed by atoms with Crippen molar-refractivity contribution in [2.75, 3.05) is 30.3 Å². The molecule has 0 aromatic heterocycles. The molecule has 7 heteroatoms. The molecule has 0 unspecified atom stereocenters. The fourth-order valence-corrected chi connectivity index (χ4v) is 3.25. The van der Waals surface area contributed by atoms with Crippen LogP contribution in [0.3, 0.4) is 0 Å². The molecule has 1 saturated heterocycles. The Morgan fingerprint density at radius 1 is 1.00 bits per heavy atom. The average Bonchev–Trinajstić information content (AvgIpc) is 3.14. The number of nitrogens with zero attached hydrogens (tertiary/aromatic N) is 1. The Morgan fingerprint density at radius 2 is 1.73 bits per heavy atom. The minimum absolute atomic E-state index is 0.00708. The Kier molecular flexibility index (Phi) is 6.01. The number of hydrogen-bond acceptors (Lipinski definition) is 3. The number of carbonyl (C=O) groups is 2. The maximum atomic E-state index is 12.7. The molecular formula is C19H19Cl2N3O2. The minimum Gasteiger partial charge on any atom is -0.375 e. The van der Waals surface area contributed by atoms with Gasteiger partial charge in [-0.05, 0) is 49.2 Å². The second-order valence-electron chi connectivity index (χ2n) is 6.10. The second kappa shape index (κ2) is 8.43. The molecule has 0 bridgehead atoms. The zero-order valence-corrected chi connectivity index (χ0v) is 15.6. The second-order valence-corrected chi connectivity index (χ2v) is 6.97. The van der Waals surface area contributed by atoms with Crippen LogP contribution in [0.4, 0.5) is 11.4 Å². The van der Waals surface area contributed by atoms with Gasteiger partial charge >= 0.3 is 0 Å². The highest BCUT2D eigenvalue weighted by atomic mass is 35.5. The van der Waals surface area contributed by atoms with E-state index in [0.717, 1.165) is 25.9 Å². The number of nitrogens with one attached hydrogen (secondary N) is 2. The standard InChI is InChI=1S/C19H19Cl2N3O2/c20-13-4-3-5-15(10-13)23-18(25)12-22-17-11-14(21)6-7-16(17)19(26)24-8-1-2-9-24/h3-7,10-11,22H,1-2,8-9,12H2,(H,23,25). The van der Waals surface area contributed by atoms with Gasteiger partial charge in [0.1, 0.15) is 0 Å². The molecule has 2 aromatic carbocycles. The largest absolute Gasteiger partial charge is 0.375 e. The van der Waals surface area contributed by atoms with Gasteiger partial charge in [0, 0.05) is 34.5 Å². The highest BCUT2D eigenvalue weighted by Crippen LogP contribution is 2.24. The van der Waals surface area contributed by atoms with Crippen molar-refractivity contribution in [3.05, 3.63) is 58.1 Å². The summed E-state index contributed by atoms with van der Waals surface area (Å²) in [6, 6.07) is 12.0. The number of hydrogen-bond donors (Lipinski definition) is 2. The summed E-state index contributed by atoms with van der Waals surface area (Å²) in [6.45, 7) is 1.53. The molecule has 1 heterocycles. The summed E-state index contributed by atoms with van der Waals surface area (Å²) in [7, 11) is 0. The first kappa shape index (κ1) is 18.5. The lowest BCUT2D eigenvalue weighted by atomic mass is 10.1. The van der Waals surface area contributed by atoms with Crippen molar-refractivity contribution in [3.63, 3.8) is 0 Å². The van der Waals surface area contributed by atoms with Crippen molar-refractivity contribution < 1.29 is 9.59 Å². The first-order valence-electron chi connectivity index (χ1n) is 8.41. The molecule has 2 N–H and O–H groups in total. The molecule has 3 rings (SSSR count). The Hall–Kier alpha value is -2.24. The summed E-state index contributed by atoms with van der Waals surface area (Å²) in [5, 5.41) is 6.82. The predicted molar refractivity (Wildman–Crippen MR) is 105 cm³/mol. The van der Waals surface area contributed by atoms with Crippen molar-refractivity contribution >= 4 is 46.4 Å². The van der Waals surface area contributed by atoms with Gasteiger partial charge in [-0.2, -0.15) is 0 Å². The van der Waals surface area contributed by atoms with Gasteiger partial charge in [0.2, 0.25) is 5.91 Å². The van der Waals surface area contributed by atoms with Crippen LogP contribution in [0.1, 0.15) is 23.2 Å². The zero-order chi connectivity index (χ0) is 18.5. The van der Waals surface area contributed by atoms with Crippen molar-refractivity contribution in [1.82, 2.24) is 4.90 Å². The lowest BCUT2D eigenvalue weighted by Crippen LogP contribution is -2.29. The number of benzene rings is 2. The molecule has 0 saturated carbocycles. The number of anilines is 2. The molecule has 5 nitrogen and oxygen atoms in total. The molecule has 1 aliphatic heterocycles. The molecule has 0 radical (unpaired) electrons. The van der Waals surface area contributed by atoms with Gasteiger partial charge in [0.25, 0.3) is 5.91 Å². The summed E-state index contributed by atoms with van der Waals surface area (Å²) in [6.07, 6.45) is 2.04. The van der Waals surface area contributed by atoms with Gasteiger partial charge in [-0.15, -0.1) is 0 Å². The summed E-state index contributed by atoms with van der Waals surface area (Å²) >= 11 is 12.0. The number of amides is 2. The molecule has 0 atom stereocenters. The maximum absolute atomic E-state index is 12.7. The quantitative estimate of drug-likeness (QED) is 0.799. The highest BCUT2D eigenvalue weighted by Gasteiger charge is 2.22. The minimum atomic E-state index is -0.244. The fourth-order valence-electron chi connectivity index (χ4n) is 2.89. The predicted octanol–water partition coefficient (Wildman–Crippen LogP) is 4.28. The van der Waals surface area contributed by atoms with E-state index >= 15 is 0 Å². The molecule has 2 aromatic rings.